The third-order valence-corrected chi connectivity index (χ3v) is 7.97. The smallest absolute Gasteiger partial charge is 0.339 e. The topological polar surface area (TPSA) is 89.5 Å². The molecule has 0 unspecified atom stereocenters. The predicted molar refractivity (Wildman–Crippen MR) is 100 cm³/mol. The van der Waals surface area contributed by atoms with Crippen LogP contribution in [0.1, 0.15) is 42.5 Å². The van der Waals surface area contributed by atoms with Gasteiger partial charge in [0.2, 0.25) is 0 Å². The van der Waals surface area contributed by atoms with Crippen molar-refractivity contribution in [2.45, 2.75) is 48.3 Å². The number of hydrogen-bond acceptors (Lipinski definition) is 6. The minimum Gasteiger partial charge on any atom is -0.452 e. The van der Waals surface area contributed by atoms with E-state index >= 15 is 0 Å². The Morgan fingerprint density at radius 3 is 2.58 bits per heavy atom. The van der Waals surface area contributed by atoms with Gasteiger partial charge >= 0.3 is 5.97 Å². The van der Waals surface area contributed by atoms with Crippen molar-refractivity contribution in [3.63, 3.8) is 0 Å². The second-order valence-corrected chi connectivity index (χ2v) is 10.3. The minimum atomic E-state index is -2.97. The Morgan fingerprint density at radius 2 is 1.88 bits per heavy atom. The quantitative estimate of drug-likeness (QED) is 0.740. The standard InChI is InChI=1S/C18H23NO5S2/c20-17(19-13-5-1-2-6-13)11-24-18(21)15-7-3-4-8-16(15)25-14-9-10-26(22,23)12-14/h3-4,7-8,13-14H,1-2,5-6,9-12H2,(H,19,20)/t14-/m1/s1. The summed E-state index contributed by atoms with van der Waals surface area (Å²) in [7, 11) is -2.97. The highest BCUT2D eigenvalue weighted by Crippen LogP contribution is 2.33. The normalized spacial score (nSPS) is 22.2. The van der Waals surface area contributed by atoms with Gasteiger partial charge in [-0.2, -0.15) is 0 Å². The van der Waals surface area contributed by atoms with Gasteiger partial charge in [0.25, 0.3) is 5.91 Å². The van der Waals surface area contributed by atoms with Crippen LogP contribution in [0.5, 0.6) is 0 Å². The SMILES string of the molecule is O=C(COC(=O)c1ccccc1S[C@@H]1CCS(=O)(=O)C1)NC1CCCC1. The van der Waals surface area contributed by atoms with E-state index in [0.717, 1.165) is 25.7 Å². The van der Waals surface area contributed by atoms with E-state index in [9.17, 15) is 18.0 Å². The Balaban J connectivity index is 1.56. The van der Waals surface area contributed by atoms with Gasteiger partial charge in [-0.3, -0.25) is 4.79 Å². The molecule has 2 aliphatic rings. The highest BCUT2D eigenvalue weighted by Gasteiger charge is 2.29. The van der Waals surface area contributed by atoms with Crippen molar-refractivity contribution < 1.29 is 22.7 Å². The molecule has 26 heavy (non-hydrogen) atoms. The molecule has 1 saturated carbocycles. The van der Waals surface area contributed by atoms with Crippen molar-refractivity contribution in [2.75, 3.05) is 18.1 Å². The lowest BCUT2D eigenvalue weighted by Gasteiger charge is -2.14. The van der Waals surface area contributed by atoms with E-state index in [0.29, 0.717) is 16.9 Å². The molecule has 1 heterocycles. The Morgan fingerprint density at radius 1 is 1.15 bits per heavy atom. The lowest BCUT2D eigenvalue weighted by atomic mass is 10.2. The molecule has 1 aliphatic carbocycles. The molecule has 1 aromatic rings. The summed E-state index contributed by atoms with van der Waals surface area (Å²) in [5.41, 5.74) is 0.371. The summed E-state index contributed by atoms with van der Waals surface area (Å²) in [5, 5.41) is 2.82. The molecule has 0 spiro atoms. The fraction of sp³-hybridized carbons (Fsp3) is 0.556. The molecule has 0 bridgehead atoms. The van der Waals surface area contributed by atoms with Gasteiger partial charge in [0.1, 0.15) is 0 Å². The number of amides is 1. The number of benzene rings is 1. The first kappa shape index (κ1) is 19.2. The molecular formula is C18H23NO5S2. The van der Waals surface area contributed by atoms with Crippen LogP contribution in [0.4, 0.5) is 0 Å². The summed E-state index contributed by atoms with van der Waals surface area (Å²) in [4.78, 5) is 25.0. The number of hydrogen-bond donors (Lipinski definition) is 1. The van der Waals surface area contributed by atoms with E-state index in [-0.39, 0.29) is 35.3 Å². The van der Waals surface area contributed by atoms with Crippen LogP contribution in [0.2, 0.25) is 0 Å². The molecule has 0 aromatic heterocycles. The van der Waals surface area contributed by atoms with Gasteiger partial charge in [-0.15, -0.1) is 11.8 Å². The van der Waals surface area contributed by atoms with E-state index in [1.165, 1.54) is 11.8 Å². The number of rotatable bonds is 6. The molecule has 2 fully saturated rings. The van der Waals surface area contributed by atoms with E-state index in [2.05, 4.69) is 5.32 Å². The summed E-state index contributed by atoms with van der Waals surface area (Å²) < 4.78 is 28.4. The zero-order valence-corrected chi connectivity index (χ0v) is 16.1. The maximum Gasteiger partial charge on any atom is 0.339 e. The van der Waals surface area contributed by atoms with E-state index in [1.54, 1.807) is 24.3 Å². The number of thioether (sulfide) groups is 1. The van der Waals surface area contributed by atoms with Crippen LogP contribution in [0.15, 0.2) is 29.2 Å². The zero-order valence-electron chi connectivity index (χ0n) is 14.5. The number of carbonyl (C=O) groups is 2. The summed E-state index contributed by atoms with van der Waals surface area (Å²) in [6.07, 6.45) is 4.77. The Bertz CT molecular complexity index is 772. The summed E-state index contributed by atoms with van der Waals surface area (Å²) in [6, 6.07) is 7.14. The largest absolute Gasteiger partial charge is 0.452 e. The average Bonchev–Trinajstić information content (AvgIpc) is 3.22. The second kappa shape index (κ2) is 8.43. The van der Waals surface area contributed by atoms with Crippen LogP contribution in [-0.2, 0) is 19.4 Å². The summed E-state index contributed by atoms with van der Waals surface area (Å²) in [6.45, 7) is -0.299. The fourth-order valence-corrected chi connectivity index (χ4v) is 6.94. The first-order chi connectivity index (χ1) is 12.4. The number of sulfone groups is 1. The Kier molecular flexibility index (Phi) is 6.24. The third-order valence-electron chi connectivity index (χ3n) is 4.65. The number of carbonyl (C=O) groups excluding carboxylic acids is 2. The summed E-state index contributed by atoms with van der Waals surface area (Å²) in [5.74, 6) is -0.517. The van der Waals surface area contributed by atoms with Crippen LogP contribution >= 0.6 is 11.8 Å². The van der Waals surface area contributed by atoms with Crippen molar-refractivity contribution in [3.05, 3.63) is 29.8 Å². The van der Waals surface area contributed by atoms with Crippen molar-refractivity contribution in [3.8, 4) is 0 Å². The van der Waals surface area contributed by atoms with Gasteiger partial charge in [0.05, 0.1) is 17.1 Å². The van der Waals surface area contributed by atoms with Crippen LogP contribution in [0.3, 0.4) is 0 Å². The van der Waals surface area contributed by atoms with Crippen LogP contribution in [0, 0.1) is 0 Å². The van der Waals surface area contributed by atoms with Gasteiger partial charge in [0, 0.05) is 16.2 Å². The second-order valence-electron chi connectivity index (χ2n) is 6.76. The molecule has 1 aromatic carbocycles. The third kappa shape index (κ3) is 5.23. The maximum absolute atomic E-state index is 12.4. The van der Waals surface area contributed by atoms with Crippen LogP contribution in [-0.4, -0.2) is 49.7 Å². The van der Waals surface area contributed by atoms with Crippen molar-refractivity contribution in [1.82, 2.24) is 5.32 Å². The van der Waals surface area contributed by atoms with Crippen molar-refractivity contribution in [1.29, 1.82) is 0 Å². The highest BCUT2D eigenvalue weighted by molar-refractivity contribution is 8.02. The average molecular weight is 398 g/mol. The molecule has 1 amide bonds. The molecule has 1 saturated heterocycles. The predicted octanol–water partition coefficient (Wildman–Crippen LogP) is 2.18. The molecule has 1 atom stereocenters. The van der Waals surface area contributed by atoms with Gasteiger partial charge < -0.3 is 10.1 Å². The van der Waals surface area contributed by atoms with Gasteiger partial charge in [0.15, 0.2) is 16.4 Å². The van der Waals surface area contributed by atoms with E-state index in [1.807, 2.05) is 0 Å². The lowest BCUT2D eigenvalue weighted by molar-refractivity contribution is -0.124. The lowest BCUT2D eigenvalue weighted by Crippen LogP contribution is -2.35. The van der Waals surface area contributed by atoms with Gasteiger partial charge in [-0.05, 0) is 31.4 Å². The maximum atomic E-state index is 12.4. The van der Waals surface area contributed by atoms with E-state index < -0.39 is 15.8 Å². The zero-order chi connectivity index (χ0) is 18.6. The Hall–Kier alpha value is -1.54. The van der Waals surface area contributed by atoms with Gasteiger partial charge in [-0.25, -0.2) is 13.2 Å². The monoisotopic (exact) mass is 397 g/mol. The summed E-state index contributed by atoms with van der Waals surface area (Å²) >= 11 is 1.39. The molecule has 6 nitrogen and oxygen atoms in total. The molecule has 142 valence electrons. The first-order valence-corrected chi connectivity index (χ1v) is 11.6. The molecule has 1 aliphatic heterocycles. The van der Waals surface area contributed by atoms with Crippen molar-refractivity contribution in [2.24, 2.45) is 0 Å². The number of esters is 1. The molecular weight excluding hydrogens is 374 g/mol. The molecule has 8 heteroatoms. The first-order valence-electron chi connectivity index (χ1n) is 8.85. The van der Waals surface area contributed by atoms with Crippen LogP contribution in [0.25, 0.3) is 0 Å². The van der Waals surface area contributed by atoms with Crippen LogP contribution < -0.4 is 5.32 Å². The van der Waals surface area contributed by atoms with Crippen molar-refractivity contribution >= 4 is 33.5 Å². The molecule has 0 radical (unpaired) electrons. The fourth-order valence-electron chi connectivity index (χ4n) is 3.32. The highest BCUT2D eigenvalue weighted by atomic mass is 32.2. The van der Waals surface area contributed by atoms with Gasteiger partial charge in [-0.1, -0.05) is 25.0 Å². The number of ether oxygens (including phenoxy) is 1. The minimum absolute atomic E-state index is 0.0559. The molecule has 1 N–H and O–H groups in total. The Labute approximate surface area is 158 Å². The number of nitrogens with one attached hydrogen (secondary N) is 1. The molecule has 3 rings (SSSR count). The van der Waals surface area contributed by atoms with E-state index in [4.69, 9.17) is 4.74 Å².